The summed E-state index contributed by atoms with van der Waals surface area (Å²) in [5.41, 5.74) is 1.44. The zero-order valence-electron chi connectivity index (χ0n) is 14.7. The van der Waals surface area contributed by atoms with E-state index in [1.807, 2.05) is 6.07 Å². The molecular weight excluding hydrogens is 375 g/mol. The molecule has 26 heavy (non-hydrogen) atoms. The third-order valence-electron chi connectivity index (χ3n) is 4.75. The molecule has 0 spiro atoms. The highest BCUT2D eigenvalue weighted by atomic mass is 35.5. The maximum Gasteiger partial charge on any atom is 0.243 e. The number of benzene rings is 2. The van der Waals surface area contributed by atoms with E-state index >= 15 is 0 Å². The van der Waals surface area contributed by atoms with Gasteiger partial charge >= 0.3 is 0 Å². The Morgan fingerprint density at radius 2 is 1.77 bits per heavy atom. The van der Waals surface area contributed by atoms with Crippen LogP contribution in [0.15, 0.2) is 47.4 Å². The molecule has 0 atom stereocenters. The van der Waals surface area contributed by atoms with Gasteiger partial charge in [0.15, 0.2) is 0 Å². The topological polar surface area (TPSA) is 40.6 Å². The lowest BCUT2D eigenvalue weighted by Crippen LogP contribution is -2.49. The standard InChI is InChI=1S/C19H22ClFN2O2S/c1-15-14-17(6-7-18(15)20)26(24,25)23-12-10-22(11-13-23)9-8-16-4-2-3-5-19(16)21/h2-7,14H,8-13H2,1H3. The van der Waals surface area contributed by atoms with Crippen molar-refractivity contribution in [2.24, 2.45) is 0 Å². The van der Waals surface area contributed by atoms with E-state index in [4.69, 9.17) is 11.6 Å². The number of hydrogen-bond acceptors (Lipinski definition) is 3. The van der Waals surface area contributed by atoms with E-state index in [0.29, 0.717) is 43.2 Å². The van der Waals surface area contributed by atoms with Crippen molar-refractivity contribution in [3.05, 3.63) is 64.4 Å². The first-order chi connectivity index (χ1) is 12.4. The molecule has 2 aromatic rings. The summed E-state index contributed by atoms with van der Waals surface area (Å²) in [6, 6.07) is 11.6. The summed E-state index contributed by atoms with van der Waals surface area (Å²) >= 11 is 5.99. The first-order valence-electron chi connectivity index (χ1n) is 8.60. The maximum absolute atomic E-state index is 13.7. The smallest absolute Gasteiger partial charge is 0.243 e. The highest BCUT2D eigenvalue weighted by molar-refractivity contribution is 7.89. The van der Waals surface area contributed by atoms with Gasteiger partial charge in [-0.1, -0.05) is 29.8 Å². The molecule has 0 N–H and O–H groups in total. The maximum atomic E-state index is 13.7. The highest BCUT2D eigenvalue weighted by Crippen LogP contribution is 2.23. The molecule has 0 aromatic heterocycles. The first kappa shape index (κ1) is 19.3. The van der Waals surface area contributed by atoms with Crippen LogP contribution >= 0.6 is 11.6 Å². The first-order valence-corrected chi connectivity index (χ1v) is 10.4. The van der Waals surface area contributed by atoms with Crippen molar-refractivity contribution >= 4 is 21.6 Å². The van der Waals surface area contributed by atoms with E-state index in [9.17, 15) is 12.8 Å². The van der Waals surface area contributed by atoms with E-state index < -0.39 is 10.0 Å². The Hall–Kier alpha value is -1.47. The Balaban J connectivity index is 1.59. The summed E-state index contributed by atoms with van der Waals surface area (Å²) in [6.07, 6.45) is 0.621. The molecule has 2 aromatic carbocycles. The predicted octanol–water partition coefficient (Wildman–Crippen LogP) is 3.34. The van der Waals surface area contributed by atoms with Crippen molar-refractivity contribution in [3.8, 4) is 0 Å². The second kappa shape index (κ2) is 8.05. The largest absolute Gasteiger partial charge is 0.300 e. The Labute approximate surface area is 159 Å². The zero-order chi connectivity index (χ0) is 18.7. The molecular formula is C19H22ClFN2O2S. The Morgan fingerprint density at radius 1 is 1.08 bits per heavy atom. The molecule has 0 amide bonds. The van der Waals surface area contributed by atoms with Gasteiger partial charge in [0.05, 0.1) is 4.90 Å². The fraction of sp³-hybridized carbons (Fsp3) is 0.368. The quantitative estimate of drug-likeness (QED) is 0.778. The van der Waals surface area contributed by atoms with Gasteiger partial charge in [0.2, 0.25) is 10.0 Å². The molecule has 0 radical (unpaired) electrons. The van der Waals surface area contributed by atoms with Crippen molar-refractivity contribution < 1.29 is 12.8 Å². The highest BCUT2D eigenvalue weighted by Gasteiger charge is 2.28. The summed E-state index contributed by atoms with van der Waals surface area (Å²) in [5.74, 6) is -0.188. The van der Waals surface area contributed by atoms with Gasteiger partial charge in [-0.15, -0.1) is 0 Å². The number of rotatable bonds is 5. The van der Waals surface area contributed by atoms with Gasteiger partial charge in [0.1, 0.15) is 5.82 Å². The van der Waals surface area contributed by atoms with Crippen LogP contribution in [-0.2, 0) is 16.4 Å². The molecule has 1 aliphatic heterocycles. The zero-order valence-corrected chi connectivity index (χ0v) is 16.2. The van der Waals surface area contributed by atoms with Crippen LogP contribution in [-0.4, -0.2) is 50.3 Å². The van der Waals surface area contributed by atoms with Crippen molar-refractivity contribution in [2.45, 2.75) is 18.2 Å². The molecule has 0 bridgehead atoms. The second-order valence-corrected chi connectivity index (χ2v) is 8.84. The molecule has 140 valence electrons. The van der Waals surface area contributed by atoms with Crippen molar-refractivity contribution in [1.29, 1.82) is 0 Å². The summed E-state index contributed by atoms with van der Waals surface area (Å²) in [4.78, 5) is 2.45. The molecule has 4 nitrogen and oxygen atoms in total. The fourth-order valence-electron chi connectivity index (χ4n) is 3.10. The number of piperazine rings is 1. The molecule has 0 saturated carbocycles. The van der Waals surface area contributed by atoms with E-state index in [-0.39, 0.29) is 10.7 Å². The number of sulfonamides is 1. The van der Waals surface area contributed by atoms with Crippen LogP contribution in [0.1, 0.15) is 11.1 Å². The second-order valence-electron chi connectivity index (χ2n) is 6.50. The SMILES string of the molecule is Cc1cc(S(=O)(=O)N2CCN(CCc3ccccc3F)CC2)ccc1Cl. The van der Waals surface area contributed by atoms with Crippen LogP contribution in [0.3, 0.4) is 0 Å². The van der Waals surface area contributed by atoms with Gasteiger partial charge in [-0.2, -0.15) is 4.31 Å². The molecule has 1 heterocycles. The number of aryl methyl sites for hydroxylation is 1. The van der Waals surface area contributed by atoms with Crippen molar-refractivity contribution in [2.75, 3.05) is 32.7 Å². The Kier molecular flexibility index (Phi) is 5.97. The Bertz CT molecular complexity index is 881. The van der Waals surface area contributed by atoms with E-state index in [1.165, 1.54) is 10.4 Å². The number of nitrogens with zero attached hydrogens (tertiary/aromatic N) is 2. The average molecular weight is 397 g/mol. The molecule has 7 heteroatoms. The molecule has 3 rings (SSSR count). The molecule has 0 unspecified atom stereocenters. The summed E-state index contributed by atoms with van der Waals surface area (Å²) in [7, 11) is -3.51. The van der Waals surface area contributed by atoms with Gasteiger partial charge in [-0.3, -0.25) is 0 Å². The monoisotopic (exact) mass is 396 g/mol. The van der Waals surface area contributed by atoms with Crippen LogP contribution in [0.2, 0.25) is 5.02 Å². The predicted molar refractivity (Wildman–Crippen MR) is 101 cm³/mol. The van der Waals surface area contributed by atoms with Gasteiger partial charge in [0, 0.05) is 37.7 Å². The minimum atomic E-state index is -3.51. The van der Waals surface area contributed by atoms with Gasteiger partial charge in [0.25, 0.3) is 0 Å². The van der Waals surface area contributed by atoms with Crippen LogP contribution in [0.5, 0.6) is 0 Å². The van der Waals surface area contributed by atoms with Crippen LogP contribution in [0.25, 0.3) is 0 Å². The number of hydrogen-bond donors (Lipinski definition) is 0. The van der Waals surface area contributed by atoms with Crippen LogP contribution in [0, 0.1) is 12.7 Å². The average Bonchev–Trinajstić information content (AvgIpc) is 2.63. The summed E-state index contributed by atoms with van der Waals surface area (Å²) in [6.45, 7) is 4.65. The van der Waals surface area contributed by atoms with E-state index in [2.05, 4.69) is 4.90 Å². The van der Waals surface area contributed by atoms with E-state index in [0.717, 1.165) is 12.1 Å². The van der Waals surface area contributed by atoms with Crippen LogP contribution in [0.4, 0.5) is 4.39 Å². The summed E-state index contributed by atoms with van der Waals surface area (Å²) in [5, 5.41) is 0.557. The van der Waals surface area contributed by atoms with Gasteiger partial charge in [-0.05, 0) is 48.7 Å². The van der Waals surface area contributed by atoms with Gasteiger partial charge < -0.3 is 4.90 Å². The van der Waals surface area contributed by atoms with Crippen molar-refractivity contribution in [1.82, 2.24) is 9.21 Å². The third-order valence-corrected chi connectivity index (χ3v) is 7.07. The van der Waals surface area contributed by atoms with E-state index in [1.54, 1.807) is 37.3 Å². The van der Waals surface area contributed by atoms with Crippen molar-refractivity contribution in [3.63, 3.8) is 0 Å². The molecule has 1 aliphatic rings. The fourth-order valence-corrected chi connectivity index (χ4v) is 4.73. The van der Waals surface area contributed by atoms with Gasteiger partial charge in [-0.25, -0.2) is 12.8 Å². The van der Waals surface area contributed by atoms with Crippen LogP contribution < -0.4 is 0 Å². The lowest BCUT2D eigenvalue weighted by atomic mass is 10.1. The Morgan fingerprint density at radius 3 is 2.42 bits per heavy atom. The normalized spacial score (nSPS) is 16.7. The minimum absolute atomic E-state index is 0.188. The lowest BCUT2D eigenvalue weighted by Gasteiger charge is -2.34. The third kappa shape index (κ3) is 4.26. The lowest BCUT2D eigenvalue weighted by molar-refractivity contribution is 0.190. The molecule has 1 saturated heterocycles. The summed E-state index contributed by atoms with van der Waals surface area (Å²) < 4.78 is 40.8. The number of halogens is 2. The minimum Gasteiger partial charge on any atom is -0.300 e. The molecule has 0 aliphatic carbocycles. The molecule has 1 fully saturated rings.